The molecule has 0 aromatic rings. The summed E-state index contributed by atoms with van der Waals surface area (Å²) >= 11 is 0. The number of nitrogens with zero attached hydrogens (tertiary/aromatic N) is 1. The van der Waals surface area contributed by atoms with Gasteiger partial charge < -0.3 is 10.2 Å². The van der Waals surface area contributed by atoms with Gasteiger partial charge in [-0.05, 0) is 19.3 Å². The van der Waals surface area contributed by atoms with Gasteiger partial charge in [0.2, 0.25) is 5.91 Å². The average molecular weight is 248 g/mol. The maximum absolute atomic E-state index is 13.0. The van der Waals surface area contributed by atoms with Crippen LogP contribution in [0.3, 0.4) is 0 Å². The van der Waals surface area contributed by atoms with Crippen LogP contribution in [0.5, 0.6) is 0 Å². The Morgan fingerprint density at radius 2 is 1.76 bits per heavy atom. The third-order valence-corrected chi connectivity index (χ3v) is 4.37. The number of amides is 1. The van der Waals surface area contributed by atoms with Crippen LogP contribution in [-0.4, -0.2) is 42.2 Å². The van der Waals surface area contributed by atoms with Crippen LogP contribution in [0.25, 0.3) is 0 Å². The van der Waals surface area contributed by atoms with Crippen molar-refractivity contribution >= 4 is 5.91 Å². The first-order chi connectivity index (χ1) is 7.92. The van der Waals surface area contributed by atoms with E-state index in [9.17, 15) is 18.0 Å². The highest BCUT2D eigenvalue weighted by atomic mass is 19.4. The second-order valence-electron chi connectivity index (χ2n) is 5.44. The summed E-state index contributed by atoms with van der Waals surface area (Å²) in [6.45, 7) is 0.875. The Kier molecular flexibility index (Phi) is 2.24. The maximum Gasteiger partial charge on any atom is 0.403 e. The number of hydrogen-bond donors (Lipinski definition) is 1. The van der Waals surface area contributed by atoms with Crippen LogP contribution >= 0.6 is 0 Å². The summed E-state index contributed by atoms with van der Waals surface area (Å²) in [6, 6.07) is 0.422. The van der Waals surface area contributed by atoms with Crippen molar-refractivity contribution in [2.45, 2.75) is 43.9 Å². The number of carbonyl (C=O) groups excluding carboxylic acids is 1. The van der Waals surface area contributed by atoms with E-state index < -0.39 is 17.5 Å². The fraction of sp³-hybridized carbons (Fsp3) is 0.909. The van der Waals surface area contributed by atoms with Gasteiger partial charge in [-0.2, -0.15) is 13.2 Å². The maximum atomic E-state index is 13.0. The van der Waals surface area contributed by atoms with Crippen LogP contribution in [0, 0.1) is 5.41 Å². The second kappa shape index (κ2) is 3.37. The summed E-state index contributed by atoms with van der Waals surface area (Å²) in [6.07, 6.45) is -2.96. The van der Waals surface area contributed by atoms with Crippen molar-refractivity contribution in [2.75, 3.05) is 13.1 Å². The summed E-state index contributed by atoms with van der Waals surface area (Å²) in [5.41, 5.74) is -2.06. The fourth-order valence-electron chi connectivity index (χ4n) is 3.13. The Balaban J connectivity index is 1.76. The highest BCUT2D eigenvalue weighted by Gasteiger charge is 2.65. The molecular weight excluding hydrogens is 233 g/mol. The zero-order valence-corrected chi connectivity index (χ0v) is 9.39. The summed E-state index contributed by atoms with van der Waals surface area (Å²) in [4.78, 5) is 13.5. The number of rotatable bonds is 1. The summed E-state index contributed by atoms with van der Waals surface area (Å²) in [5, 5.41) is 3.22. The number of piperazine rings is 1. The molecule has 6 heteroatoms. The number of halogens is 3. The lowest BCUT2D eigenvalue weighted by molar-refractivity contribution is -0.249. The monoisotopic (exact) mass is 248 g/mol. The predicted molar refractivity (Wildman–Crippen MR) is 54.2 cm³/mol. The molecule has 1 amide bonds. The normalized spacial score (nSPS) is 34.9. The molecule has 3 aliphatic heterocycles. The molecule has 3 heterocycles. The Morgan fingerprint density at radius 3 is 2.12 bits per heavy atom. The first-order valence-corrected chi connectivity index (χ1v) is 6.04. The van der Waals surface area contributed by atoms with Crippen LogP contribution in [0.4, 0.5) is 13.2 Å². The molecule has 2 atom stereocenters. The molecule has 17 heavy (non-hydrogen) atoms. The van der Waals surface area contributed by atoms with Gasteiger partial charge in [-0.25, -0.2) is 0 Å². The lowest BCUT2D eigenvalue weighted by Gasteiger charge is -2.52. The van der Waals surface area contributed by atoms with Gasteiger partial charge >= 0.3 is 6.18 Å². The van der Waals surface area contributed by atoms with Gasteiger partial charge in [-0.3, -0.25) is 4.79 Å². The minimum Gasteiger partial charge on any atom is -0.339 e. The molecule has 1 aliphatic carbocycles. The molecule has 3 nitrogen and oxygen atoms in total. The van der Waals surface area contributed by atoms with Crippen LogP contribution in [0.15, 0.2) is 0 Å². The Bertz CT molecular complexity index is 335. The number of hydrogen-bond acceptors (Lipinski definition) is 2. The third-order valence-electron chi connectivity index (χ3n) is 4.37. The SMILES string of the molecule is O=C(N1CC2CC(C1)N2)C1(C(F)(F)F)CCC1. The minimum atomic E-state index is -4.39. The van der Waals surface area contributed by atoms with Gasteiger partial charge in [-0.1, -0.05) is 6.42 Å². The molecule has 1 N–H and O–H groups in total. The Morgan fingerprint density at radius 1 is 1.24 bits per heavy atom. The molecule has 2 bridgehead atoms. The highest BCUT2D eigenvalue weighted by Crippen LogP contribution is 2.54. The predicted octanol–water partition coefficient (Wildman–Crippen LogP) is 1.29. The quantitative estimate of drug-likeness (QED) is 0.758. The van der Waals surface area contributed by atoms with E-state index in [-0.39, 0.29) is 24.9 Å². The van der Waals surface area contributed by atoms with E-state index in [0.717, 1.165) is 6.42 Å². The molecule has 4 rings (SSSR count). The number of piperidine rings is 1. The second-order valence-corrected chi connectivity index (χ2v) is 5.44. The van der Waals surface area contributed by atoms with E-state index in [0.29, 0.717) is 19.5 Å². The van der Waals surface area contributed by atoms with Crippen molar-refractivity contribution in [2.24, 2.45) is 5.41 Å². The van der Waals surface area contributed by atoms with E-state index >= 15 is 0 Å². The molecule has 0 radical (unpaired) electrons. The van der Waals surface area contributed by atoms with Crippen LogP contribution in [0.1, 0.15) is 25.7 Å². The fourth-order valence-corrected chi connectivity index (χ4v) is 3.13. The summed E-state index contributed by atoms with van der Waals surface area (Å²) < 4.78 is 39.0. The standard InChI is InChI=1S/C11H15F3N2O/c12-11(13,14)10(2-1-3-10)9(17)16-5-7-4-8(6-16)15-7/h7-8,15H,1-6H2. The zero-order valence-electron chi connectivity index (χ0n) is 9.39. The first kappa shape index (κ1) is 11.3. The molecule has 0 spiro atoms. The molecule has 4 aliphatic rings. The van der Waals surface area contributed by atoms with Crippen LogP contribution < -0.4 is 5.32 Å². The van der Waals surface area contributed by atoms with Crippen LogP contribution in [-0.2, 0) is 4.79 Å². The molecule has 3 saturated heterocycles. The van der Waals surface area contributed by atoms with Crippen LogP contribution in [0.2, 0.25) is 0 Å². The van der Waals surface area contributed by atoms with E-state index in [1.165, 1.54) is 4.90 Å². The molecular formula is C11H15F3N2O. The number of carbonyl (C=O) groups is 1. The van der Waals surface area contributed by atoms with Crippen molar-refractivity contribution in [1.82, 2.24) is 10.2 Å². The molecule has 2 unspecified atom stereocenters. The molecule has 1 saturated carbocycles. The lowest BCUT2D eigenvalue weighted by atomic mass is 9.66. The highest BCUT2D eigenvalue weighted by molar-refractivity contribution is 5.85. The number of nitrogens with one attached hydrogen (secondary N) is 1. The smallest absolute Gasteiger partial charge is 0.339 e. The van der Waals surface area contributed by atoms with Gasteiger partial charge in [0.15, 0.2) is 0 Å². The van der Waals surface area contributed by atoms with Gasteiger partial charge in [-0.15, -0.1) is 0 Å². The molecule has 96 valence electrons. The molecule has 4 fully saturated rings. The third kappa shape index (κ3) is 1.49. The zero-order chi connectivity index (χ0) is 12.3. The van der Waals surface area contributed by atoms with E-state index in [4.69, 9.17) is 0 Å². The van der Waals surface area contributed by atoms with Crippen molar-refractivity contribution in [3.8, 4) is 0 Å². The van der Waals surface area contributed by atoms with Gasteiger partial charge in [0.25, 0.3) is 0 Å². The number of alkyl halides is 3. The first-order valence-electron chi connectivity index (χ1n) is 6.04. The Labute approximate surface area is 97.3 Å². The molecule has 0 aromatic heterocycles. The van der Waals surface area contributed by atoms with Gasteiger partial charge in [0.1, 0.15) is 5.41 Å². The average Bonchev–Trinajstić information content (AvgIpc) is 2.12. The lowest BCUT2D eigenvalue weighted by Crippen LogP contribution is -2.70. The van der Waals surface area contributed by atoms with E-state index in [2.05, 4.69) is 5.32 Å². The van der Waals surface area contributed by atoms with Crippen molar-refractivity contribution < 1.29 is 18.0 Å². The topological polar surface area (TPSA) is 32.3 Å². The molecule has 0 aromatic carbocycles. The Hall–Kier alpha value is -0.780. The summed E-state index contributed by atoms with van der Waals surface area (Å²) in [5.74, 6) is -0.688. The van der Waals surface area contributed by atoms with Gasteiger partial charge in [0.05, 0.1) is 0 Å². The van der Waals surface area contributed by atoms with E-state index in [1.807, 2.05) is 0 Å². The van der Waals surface area contributed by atoms with Crippen molar-refractivity contribution in [3.63, 3.8) is 0 Å². The van der Waals surface area contributed by atoms with Crippen molar-refractivity contribution in [3.05, 3.63) is 0 Å². The number of fused-ring (bicyclic) bond motifs is 2. The van der Waals surface area contributed by atoms with Gasteiger partial charge in [0, 0.05) is 25.2 Å². The van der Waals surface area contributed by atoms with E-state index in [1.54, 1.807) is 0 Å². The summed E-state index contributed by atoms with van der Waals surface area (Å²) in [7, 11) is 0. The largest absolute Gasteiger partial charge is 0.403 e. The minimum absolute atomic E-state index is 0.0331. The van der Waals surface area contributed by atoms with Crippen molar-refractivity contribution in [1.29, 1.82) is 0 Å².